The van der Waals surface area contributed by atoms with E-state index < -0.39 is 16.2 Å². The third-order valence-corrected chi connectivity index (χ3v) is 4.74. The highest BCUT2D eigenvalue weighted by molar-refractivity contribution is 8.35. The number of thiol groups is 1. The summed E-state index contributed by atoms with van der Waals surface area (Å²) in [6, 6.07) is 0. The van der Waals surface area contributed by atoms with E-state index >= 15 is 0 Å². The quantitative estimate of drug-likeness (QED) is 0.577. The van der Waals surface area contributed by atoms with Crippen molar-refractivity contribution in [3.63, 3.8) is 0 Å². The van der Waals surface area contributed by atoms with E-state index in [0.29, 0.717) is 9.93 Å². The Balaban J connectivity index is 2.13. The van der Waals surface area contributed by atoms with Gasteiger partial charge in [-0.3, -0.25) is 0 Å². The third-order valence-electron chi connectivity index (χ3n) is 2.88. The minimum atomic E-state index is -1.47. The van der Waals surface area contributed by atoms with E-state index in [9.17, 15) is 9.90 Å². The van der Waals surface area contributed by atoms with Crippen LogP contribution >= 0.6 is 10.9 Å². The van der Waals surface area contributed by atoms with Crippen LogP contribution in [-0.4, -0.2) is 10.4 Å². The first-order valence-electron chi connectivity index (χ1n) is 5.16. The second kappa shape index (κ2) is 3.56. The van der Waals surface area contributed by atoms with Gasteiger partial charge in [0.1, 0.15) is 12.0 Å². The second-order valence-electron chi connectivity index (χ2n) is 3.86. The molecule has 0 aromatic rings. The predicted octanol–water partition coefficient (Wildman–Crippen LogP) is 2.49. The van der Waals surface area contributed by atoms with Gasteiger partial charge in [-0.25, -0.2) is 4.79 Å². The number of rotatable bonds is 0. The summed E-state index contributed by atoms with van der Waals surface area (Å²) < 4.78 is 5.48. The highest BCUT2D eigenvalue weighted by Gasteiger charge is 2.34. The zero-order chi connectivity index (χ0) is 12.0. The van der Waals surface area contributed by atoms with Crippen molar-refractivity contribution in [2.45, 2.75) is 6.42 Å². The van der Waals surface area contributed by atoms with E-state index in [1.165, 1.54) is 6.26 Å². The van der Waals surface area contributed by atoms with Gasteiger partial charge in [0, 0.05) is 16.1 Å². The minimum absolute atomic E-state index is 0.431. The van der Waals surface area contributed by atoms with Gasteiger partial charge in [0.25, 0.3) is 0 Å². The average Bonchev–Trinajstić information content (AvgIpc) is 2.65. The molecule has 1 unspecified atom stereocenters. The van der Waals surface area contributed by atoms with Crippen molar-refractivity contribution in [1.29, 1.82) is 0 Å². The first kappa shape index (κ1) is 10.3. The summed E-state index contributed by atoms with van der Waals surface area (Å²) in [5.41, 5.74) is 7.76. The van der Waals surface area contributed by atoms with Gasteiger partial charge in [-0.1, -0.05) is 23.0 Å². The van der Waals surface area contributed by atoms with Crippen LogP contribution in [0.5, 0.6) is 0 Å². The highest BCUT2D eigenvalue weighted by Crippen LogP contribution is 2.54. The topological polar surface area (TPSA) is 72.5 Å². The Kier molecular flexibility index (Phi) is 2.16. The van der Waals surface area contributed by atoms with Crippen molar-refractivity contribution in [2.75, 3.05) is 0 Å². The number of carbonyl (C=O) groups is 1. The minimum Gasteiger partial charge on any atom is -0.474 e. The molecule has 17 heavy (non-hydrogen) atoms. The summed E-state index contributed by atoms with van der Waals surface area (Å²) in [6.07, 6.45) is 9.88. The number of fused-ring (bicyclic) bond motifs is 2. The number of hydrogen-bond acceptors (Lipinski definition) is 3. The number of hydrogen-bond donors (Lipinski definition) is 3. The molecule has 5 heteroatoms. The molecule has 1 aliphatic carbocycles. The summed E-state index contributed by atoms with van der Waals surface area (Å²) in [5, 5.41) is 8.73. The molecule has 2 heterocycles. The SMILES string of the molecule is NC1=CC2=C3CC=CC=C3OC=C2[SH]1C(=O)O. The van der Waals surface area contributed by atoms with E-state index in [1.807, 2.05) is 18.2 Å². The molecule has 0 spiro atoms. The zero-order valence-electron chi connectivity index (χ0n) is 8.88. The molecule has 0 aromatic carbocycles. The first-order chi connectivity index (χ1) is 8.18. The van der Waals surface area contributed by atoms with Crippen LogP contribution < -0.4 is 5.73 Å². The number of ether oxygens (including phenoxy) is 1. The van der Waals surface area contributed by atoms with E-state index in [4.69, 9.17) is 10.5 Å². The predicted molar refractivity (Wildman–Crippen MR) is 67.3 cm³/mol. The fourth-order valence-electron chi connectivity index (χ4n) is 2.13. The lowest BCUT2D eigenvalue weighted by molar-refractivity contribution is 0.222. The molecule has 3 N–H and O–H groups in total. The normalized spacial score (nSPS) is 27.5. The van der Waals surface area contributed by atoms with E-state index in [-0.39, 0.29) is 0 Å². The molecule has 0 saturated heterocycles. The third kappa shape index (κ3) is 1.43. The fraction of sp³-hybridized carbons (Fsp3) is 0.0833. The van der Waals surface area contributed by atoms with Crippen LogP contribution in [0.15, 0.2) is 57.4 Å². The van der Waals surface area contributed by atoms with Crippen molar-refractivity contribution in [1.82, 2.24) is 0 Å². The van der Waals surface area contributed by atoms with Crippen LogP contribution in [0.4, 0.5) is 4.79 Å². The maximum atomic E-state index is 11.2. The summed E-state index contributed by atoms with van der Waals surface area (Å²) in [7, 11) is -1.47. The van der Waals surface area contributed by atoms with Crippen LogP contribution in [0.25, 0.3) is 0 Å². The zero-order valence-corrected chi connectivity index (χ0v) is 9.78. The Morgan fingerprint density at radius 3 is 3.12 bits per heavy atom. The summed E-state index contributed by atoms with van der Waals surface area (Å²) in [6.45, 7) is 0. The molecular weight excluding hydrogens is 238 g/mol. The van der Waals surface area contributed by atoms with Crippen LogP contribution in [-0.2, 0) is 4.74 Å². The highest BCUT2D eigenvalue weighted by atomic mass is 32.2. The molecule has 0 bridgehead atoms. The van der Waals surface area contributed by atoms with Gasteiger partial charge in [0.2, 0.25) is 0 Å². The smallest absolute Gasteiger partial charge is 0.354 e. The Morgan fingerprint density at radius 2 is 2.35 bits per heavy atom. The summed E-state index contributed by atoms with van der Waals surface area (Å²) >= 11 is 0. The number of nitrogens with two attached hydrogens (primary N) is 1. The van der Waals surface area contributed by atoms with Crippen LogP contribution in [0.2, 0.25) is 0 Å². The first-order valence-corrected chi connectivity index (χ1v) is 6.50. The molecule has 0 fully saturated rings. The number of carboxylic acid groups (broad SMARTS) is 1. The lowest BCUT2D eigenvalue weighted by Crippen LogP contribution is -2.07. The largest absolute Gasteiger partial charge is 0.474 e. The van der Waals surface area contributed by atoms with Gasteiger partial charge in [0.05, 0.1) is 5.03 Å². The second-order valence-corrected chi connectivity index (χ2v) is 5.92. The van der Waals surface area contributed by atoms with Gasteiger partial charge >= 0.3 is 5.30 Å². The summed E-state index contributed by atoms with van der Waals surface area (Å²) in [4.78, 5) is 11.9. The van der Waals surface area contributed by atoms with Crippen LogP contribution in [0, 0.1) is 0 Å². The molecule has 0 aromatic heterocycles. The van der Waals surface area contributed by atoms with Crippen LogP contribution in [0.1, 0.15) is 6.42 Å². The monoisotopic (exact) mass is 249 g/mol. The van der Waals surface area contributed by atoms with Gasteiger partial charge in [-0.05, 0) is 18.6 Å². The van der Waals surface area contributed by atoms with Gasteiger partial charge in [0.15, 0.2) is 0 Å². The molecule has 0 amide bonds. The molecule has 2 aliphatic heterocycles. The lowest BCUT2D eigenvalue weighted by atomic mass is 9.98. The lowest BCUT2D eigenvalue weighted by Gasteiger charge is -2.23. The van der Waals surface area contributed by atoms with Gasteiger partial charge in [-0.15, -0.1) is 0 Å². The van der Waals surface area contributed by atoms with Crippen molar-refractivity contribution in [2.24, 2.45) is 5.73 Å². The van der Waals surface area contributed by atoms with Crippen LogP contribution in [0.3, 0.4) is 0 Å². The van der Waals surface area contributed by atoms with Crippen molar-refractivity contribution < 1.29 is 14.6 Å². The Morgan fingerprint density at radius 1 is 1.53 bits per heavy atom. The van der Waals surface area contributed by atoms with Gasteiger partial charge < -0.3 is 15.6 Å². The molecule has 3 aliphatic rings. The van der Waals surface area contributed by atoms with Crippen molar-refractivity contribution >= 4 is 16.2 Å². The molecule has 0 saturated carbocycles. The average molecular weight is 249 g/mol. The molecule has 1 atom stereocenters. The van der Waals surface area contributed by atoms with E-state index in [1.54, 1.807) is 6.08 Å². The molecule has 3 rings (SSSR count). The standard InChI is InChI=1S/C12H11NO3S/c13-11-5-8-7-3-1-2-4-9(7)16-6-10(8)17(11)12(14)15/h1-2,4-6,17H,3,13H2,(H,14,15). The Labute approximate surface area is 101 Å². The summed E-state index contributed by atoms with van der Waals surface area (Å²) in [5.74, 6) is 0.789. The number of allylic oxidation sites excluding steroid dienone is 6. The Bertz CT molecular complexity index is 566. The maximum absolute atomic E-state index is 11.2. The maximum Gasteiger partial charge on any atom is 0.354 e. The molecular formula is C12H11NO3S. The fourth-order valence-corrected chi connectivity index (χ4v) is 3.69. The van der Waals surface area contributed by atoms with Crippen molar-refractivity contribution in [3.8, 4) is 0 Å². The molecule has 88 valence electrons. The van der Waals surface area contributed by atoms with E-state index in [0.717, 1.165) is 23.3 Å². The molecule has 4 nitrogen and oxygen atoms in total. The van der Waals surface area contributed by atoms with Gasteiger partial charge in [-0.2, -0.15) is 0 Å². The van der Waals surface area contributed by atoms with E-state index in [2.05, 4.69) is 0 Å². The van der Waals surface area contributed by atoms with Crippen molar-refractivity contribution in [3.05, 3.63) is 57.4 Å². The Hall–Kier alpha value is -1.88. The molecule has 0 radical (unpaired) electrons.